The molecule has 0 saturated heterocycles. The number of aromatic nitrogens is 2. The first-order chi connectivity index (χ1) is 14.0. The lowest BCUT2D eigenvalue weighted by atomic mass is 10.1. The number of thioether (sulfide) groups is 1. The molecule has 1 amide bonds. The number of nitrogens with two attached hydrogens (primary N) is 1. The van der Waals surface area contributed by atoms with Crippen LogP contribution in [-0.4, -0.2) is 27.8 Å². The van der Waals surface area contributed by atoms with Gasteiger partial charge in [0.25, 0.3) is 5.56 Å². The van der Waals surface area contributed by atoms with Crippen molar-refractivity contribution in [1.82, 2.24) is 9.55 Å². The molecule has 1 atom stereocenters. The summed E-state index contributed by atoms with van der Waals surface area (Å²) < 4.78 is 6.84. The van der Waals surface area contributed by atoms with Crippen molar-refractivity contribution in [2.75, 3.05) is 7.11 Å². The third-order valence-corrected chi connectivity index (χ3v) is 7.48. The van der Waals surface area contributed by atoms with Gasteiger partial charge in [0.15, 0.2) is 5.16 Å². The topological polar surface area (TPSA) is 87.2 Å². The van der Waals surface area contributed by atoms with E-state index < -0.39 is 11.2 Å². The fourth-order valence-corrected chi connectivity index (χ4v) is 5.80. The number of rotatable bonds is 5. The van der Waals surface area contributed by atoms with Gasteiger partial charge >= 0.3 is 0 Å². The van der Waals surface area contributed by atoms with Crippen molar-refractivity contribution in [3.63, 3.8) is 0 Å². The molecule has 0 fully saturated rings. The number of thiophene rings is 1. The van der Waals surface area contributed by atoms with Crippen LogP contribution in [0.2, 0.25) is 0 Å². The van der Waals surface area contributed by atoms with Crippen molar-refractivity contribution in [3.05, 3.63) is 45.1 Å². The molecule has 0 bridgehead atoms. The van der Waals surface area contributed by atoms with Gasteiger partial charge in [-0.2, -0.15) is 0 Å². The Hall–Kier alpha value is -2.32. The summed E-state index contributed by atoms with van der Waals surface area (Å²) in [6.45, 7) is 1.73. The lowest BCUT2D eigenvalue weighted by Crippen LogP contribution is -2.26. The standard InChI is InChI=1S/C21H23N3O3S2/c1-12(18(22)25)28-21-23-19-17(15-6-4-3-5-7-16(15)29-19)20(26)24(21)13-8-10-14(27-2)11-9-13/h8-12H,3-7H2,1-2H3,(H2,22,25)/t12-/m0/s1. The molecule has 4 rings (SSSR count). The molecule has 1 aliphatic carbocycles. The number of hydrogen-bond donors (Lipinski definition) is 1. The zero-order chi connectivity index (χ0) is 20.5. The van der Waals surface area contributed by atoms with Crippen LogP contribution in [0.25, 0.3) is 15.9 Å². The number of fused-ring (bicyclic) bond motifs is 3. The van der Waals surface area contributed by atoms with Gasteiger partial charge in [-0.05, 0) is 62.4 Å². The summed E-state index contributed by atoms with van der Waals surface area (Å²) in [5, 5.41) is 0.704. The van der Waals surface area contributed by atoms with Crippen LogP contribution in [0, 0.1) is 0 Å². The highest BCUT2D eigenvalue weighted by Gasteiger charge is 2.24. The molecule has 6 nitrogen and oxygen atoms in total. The normalized spacial score (nSPS) is 15.0. The van der Waals surface area contributed by atoms with Gasteiger partial charge in [0.2, 0.25) is 5.91 Å². The number of ether oxygens (including phenoxy) is 1. The summed E-state index contributed by atoms with van der Waals surface area (Å²) in [5.41, 5.74) is 7.23. The fourth-order valence-electron chi connectivity index (χ4n) is 3.62. The second-order valence-corrected chi connectivity index (χ2v) is 9.53. The Balaban J connectivity index is 1.95. The van der Waals surface area contributed by atoms with Gasteiger partial charge in [0.05, 0.1) is 23.4 Å². The zero-order valence-corrected chi connectivity index (χ0v) is 18.1. The Labute approximate surface area is 177 Å². The Bertz CT molecular complexity index is 1120. The van der Waals surface area contributed by atoms with Crippen LogP contribution in [0.5, 0.6) is 5.75 Å². The van der Waals surface area contributed by atoms with Gasteiger partial charge in [-0.25, -0.2) is 4.98 Å². The van der Waals surface area contributed by atoms with Crippen molar-refractivity contribution >= 4 is 39.2 Å². The number of amides is 1. The largest absolute Gasteiger partial charge is 0.497 e. The first-order valence-corrected chi connectivity index (χ1v) is 11.4. The van der Waals surface area contributed by atoms with Crippen LogP contribution in [0.4, 0.5) is 0 Å². The maximum Gasteiger partial charge on any atom is 0.267 e. The summed E-state index contributed by atoms with van der Waals surface area (Å²) >= 11 is 2.83. The molecule has 152 valence electrons. The molecule has 29 heavy (non-hydrogen) atoms. The van der Waals surface area contributed by atoms with Crippen molar-refractivity contribution in [1.29, 1.82) is 0 Å². The molecule has 2 aromatic heterocycles. The minimum absolute atomic E-state index is 0.0845. The number of primary amides is 1. The summed E-state index contributed by atoms with van der Waals surface area (Å²) in [5.74, 6) is 0.271. The first kappa shape index (κ1) is 20.0. The van der Waals surface area contributed by atoms with Crippen molar-refractivity contribution in [2.24, 2.45) is 5.73 Å². The van der Waals surface area contributed by atoms with Crippen molar-refractivity contribution < 1.29 is 9.53 Å². The molecular formula is C21H23N3O3S2. The Morgan fingerprint density at radius 3 is 2.66 bits per heavy atom. The lowest BCUT2D eigenvalue weighted by Gasteiger charge is -2.15. The van der Waals surface area contributed by atoms with E-state index in [1.54, 1.807) is 29.9 Å². The summed E-state index contributed by atoms with van der Waals surface area (Å²) in [4.78, 5) is 32.2. The second-order valence-electron chi connectivity index (χ2n) is 7.14. The molecule has 1 aromatic carbocycles. The Morgan fingerprint density at radius 2 is 1.97 bits per heavy atom. The number of nitrogens with zero attached hydrogens (tertiary/aromatic N) is 2. The van der Waals surface area contributed by atoms with Gasteiger partial charge in [-0.15, -0.1) is 11.3 Å². The van der Waals surface area contributed by atoms with E-state index in [0.29, 0.717) is 16.6 Å². The van der Waals surface area contributed by atoms with Crippen LogP contribution < -0.4 is 16.0 Å². The van der Waals surface area contributed by atoms with Gasteiger partial charge < -0.3 is 10.5 Å². The Kier molecular flexibility index (Phi) is 5.65. The molecule has 2 N–H and O–H groups in total. The summed E-state index contributed by atoms with van der Waals surface area (Å²) in [7, 11) is 1.60. The molecule has 8 heteroatoms. The van der Waals surface area contributed by atoms with E-state index in [1.165, 1.54) is 23.1 Å². The highest BCUT2D eigenvalue weighted by atomic mass is 32.2. The molecule has 0 unspecified atom stereocenters. The number of hydrogen-bond acceptors (Lipinski definition) is 6. The quantitative estimate of drug-likeness (QED) is 0.380. The van der Waals surface area contributed by atoms with Gasteiger partial charge in [-0.3, -0.25) is 14.2 Å². The molecule has 0 spiro atoms. The SMILES string of the molecule is COc1ccc(-n2c(S[C@@H](C)C(N)=O)nc3sc4c(c3c2=O)CCCCC4)cc1. The van der Waals surface area contributed by atoms with E-state index in [0.717, 1.165) is 41.5 Å². The van der Waals surface area contributed by atoms with E-state index in [2.05, 4.69) is 0 Å². The van der Waals surface area contributed by atoms with E-state index >= 15 is 0 Å². The minimum atomic E-state index is -0.498. The highest BCUT2D eigenvalue weighted by molar-refractivity contribution is 8.00. The smallest absolute Gasteiger partial charge is 0.267 e. The number of benzene rings is 1. The molecule has 0 saturated carbocycles. The third-order valence-electron chi connectivity index (χ3n) is 5.22. The summed E-state index contributed by atoms with van der Waals surface area (Å²) in [6.07, 6.45) is 5.34. The summed E-state index contributed by atoms with van der Waals surface area (Å²) in [6, 6.07) is 7.29. The van der Waals surface area contributed by atoms with Crippen LogP contribution in [0.15, 0.2) is 34.2 Å². The second kappa shape index (κ2) is 8.20. The lowest BCUT2D eigenvalue weighted by molar-refractivity contribution is -0.117. The molecule has 0 aliphatic heterocycles. The number of methoxy groups -OCH3 is 1. The van der Waals surface area contributed by atoms with Crippen LogP contribution in [-0.2, 0) is 17.6 Å². The van der Waals surface area contributed by atoms with Gasteiger partial charge in [0.1, 0.15) is 10.6 Å². The number of carbonyl (C=O) groups excluding carboxylic acids is 1. The first-order valence-electron chi connectivity index (χ1n) is 9.67. The fraction of sp³-hybridized carbons (Fsp3) is 0.381. The van der Waals surface area contributed by atoms with E-state index in [-0.39, 0.29) is 5.56 Å². The average molecular weight is 430 g/mol. The monoisotopic (exact) mass is 429 g/mol. The third kappa shape index (κ3) is 3.79. The maximum absolute atomic E-state index is 13.7. The Morgan fingerprint density at radius 1 is 1.24 bits per heavy atom. The van der Waals surface area contributed by atoms with Crippen molar-refractivity contribution in [3.8, 4) is 11.4 Å². The van der Waals surface area contributed by atoms with Gasteiger partial charge in [0, 0.05) is 4.88 Å². The molecule has 1 aliphatic rings. The average Bonchev–Trinajstić information content (AvgIpc) is 2.89. The van der Waals surface area contributed by atoms with Gasteiger partial charge in [-0.1, -0.05) is 18.2 Å². The number of aryl methyl sites for hydroxylation is 2. The minimum Gasteiger partial charge on any atom is -0.497 e. The predicted molar refractivity (Wildman–Crippen MR) is 118 cm³/mol. The van der Waals surface area contributed by atoms with Crippen LogP contribution >= 0.6 is 23.1 Å². The van der Waals surface area contributed by atoms with Crippen LogP contribution in [0.3, 0.4) is 0 Å². The molecule has 2 heterocycles. The van der Waals surface area contributed by atoms with E-state index in [1.807, 2.05) is 24.3 Å². The highest BCUT2D eigenvalue weighted by Crippen LogP contribution is 2.35. The predicted octanol–water partition coefficient (Wildman–Crippen LogP) is 3.69. The molecule has 3 aromatic rings. The maximum atomic E-state index is 13.7. The molecular weight excluding hydrogens is 406 g/mol. The van der Waals surface area contributed by atoms with E-state index in [9.17, 15) is 9.59 Å². The zero-order valence-electron chi connectivity index (χ0n) is 16.4. The number of carbonyl (C=O) groups is 1. The van der Waals surface area contributed by atoms with E-state index in [4.69, 9.17) is 15.5 Å². The van der Waals surface area contributed by atoms with Crippen LogP contribution in [0.1, 0.15) is 36.6 Å². The van der Waals surface area contributed by atoms with Crippen molar-refractivity contribution in [2.45, 2.75) is 49.4 Å². The molecule has 0 radical (unpaired) electrons.